The zero-order chi connectivity index (χ0) is 26.8. The molecule has 6 rings (SSSR count). The summed E-state index contributed by atoms with van der Waals surface area (Å²) < 4.78 is 0. The maximum atomic E-state index is 4.48. The SMILES string of the molecule is Cc1ccc(-c2ccccn2)c2cc(C(C)C)[cH-]c12.Cc1ccc(-c2ccccn2)c2cc(C(C)C)[cH-]c12.[Cl-].[Cl-].[Zr+2].[Zr+2]. The molecule has 2 heterocycles. The van der Waals surface area contributed by atoms with E-state index >= 15 is 0 Å². The number of rotatable bonds is 4. The molecule has 6 heteroatoms. The van der Waals surface area contributed by atoms with E-state index in [1.54, 1.807) is 0 Å². The summed E-state index contributed by atoms with van der Waals surface area (Å²) in [6, 6.07) is 30.2. The van der Waals surface area contributed by atoms with Crippen molar-refractivity contribution in [2.45, 2.75) is 53.4 Å². The van der Waals surface area contributed by atoms with E-state index in [1.165, 1.54) is 54.9 Å². The third-order valence-electron chi connectivity index (χ3n) is 7.47. The first kappa shape index (κ1) is 38.3. The van der Waals surface area contributed by atoms with Crippen LogP contribution in [0.1, 0.15) is 61.8 Å². The molecule has 42 heavy (non-hydrogen) atoms. The molecule has 0 aliphatic carbocycles. The van der Waals surface area contributed by atoms with Crippen LogP contribution >= 0.6 is 0 Å². The van der Waals surface area contributed by atoms with Gasteiger partial charge in [0.15, 0.2) is 0 Å². The van der Waals surface area contributed by atoms with Crippen LogP contribution in [0.3, 0.4) is 0 Å². The van der Waals surface area contributed by atoms with Crippen molar-refractivity contribution in [3.63, 3.8) is 0 Å². The van der Waals surface area contributed by atoms with Crippen molar-refractivity contribution in [3.8, 4) is 22.5 Å². The van der Waals surface area contributed by atoms with Gasteiger partial charge in [-0.1, -0.05) is 65.8 Å². The zero-order valence-corrected chi connectivity index (χ0v) is 31.5. The molecule has 0 atom stereocenters. The molecular weight excluding hydrogens is 714 g/mol. The summed E-state index contributed by atoms with van der Waals surface area (Å²) in [7, 11) is 0. The molecular formula is C36H36Cl2N2Zr2. The summed E-state index contributed by atoms with van der Waals surface area (Å²) in [4.78, 5) is 8.97. The van der Waals surface area contributed by atoms with Crippen LogP contribution in [-0.4, -0.2) is 9.97 Å². The van der Waals surface area contributed by atoms with Gasteiger partial charge in [0.05, 0.1) is 11.4 Å². The maximum absolute atomic E-state index is 4.48. The Kier molecular flexibility index (Phi) is 15.5. The Bertz CT molecular complexity index is 1560. The van der Waals surface area contributed by atoms with E-state index in [4.69, 9.17) is 0 Å². The number of aromatic nitrogens is 2. The molecule has 6 aromatic rings. The van der Waals surface area contributed by atoms with Crippen LogP contribution in [0.15, 0.2) is 97.3 Å². The molecule has 0 fully saturated rings. The minimum Gasteiger partial charge on any atom is -1.00 e. The summed E-state index contributed by atoms with van der Waals surface area (Å²) in [5, 5.41) is 5.35. The van der Waals surface area contributed by atoms with Gasteiger partial charge in [-0.15, -0.1) is 68.1 Å². The maximum Gasteiger partial charge on any atom is 2.00 e. The van der Waals surface area contributed by atoms with Crippen LogP contribution in [0, 0.1) is 13.8 Å². The van der Waals surface area contributed by atoms with Crippen molar-refractivity contribution < 1.29 is 77.2 Å². The third kappa shape index (κ3) is 8.27. The van der Waals surface area contributed by atoms with E-state index in [-0.39, 0.29) is 77.2 Å². The Labute approximate surface area is 301 Å². The summed E-state index contributed by atoms with van der Waals surface area (Å²) in [5.41, 5.74) is 10.0. The average Bonchev–Trinajstić information content (AvgIpc) is 3.58. The van der Waals surface area contributed by atoms with E-state index in [1.807, 2.05) is 36.7 Å². The third-order valence-corrected chi connectivity index (χ3v) is 7.47. The number of aryl methyl sites for hydroxylation is 2. The molecule has 0 spiro atoms. The number of benzene rings is 2. The number of halogens is 2. The van der Waals surface area contributed by atoms with Gasteiger partial charge in [0, 0.05) is 12.4 Å². The fourth-order valence-corrected chi connectivity index (χ4v) is 5.09. The molecule has 2 aromatic heterocycles. The topological polar surface area (TPSA) is 25.8 Å². The number of hydrogen-bond acceptors (Lipinski definition) is 2. The standard InChI is InChI=1S/2C18H18N.2ClH.2Zr/c2*1-12(2)14-10-16-13(3)7-8-15(17(16)11-14)18-6-4-5-9-19-18;;;;/h2*4-12H,1-3H3;2*1H;;/q2*-1;;;2*+2/p-2. The molecule has 0 aliphatic rings. The molecule has 0 radical (unpaired) electrons. The van der Waals surface area contributed by atoms with Gasteiger partial charge in [-0.2, -0.15) is 12.1 Å². The monoisotopic (exact) mass is 746 g/mol. The quantitative estimate of drug-likeness (QED) is 0.254. The Hall–Kier alpha value is -1.69. The molecule has 212 valence electrons. The van der Waals surface area contributed by atoms with Gasteiger partial charge in [0.25, 0.3) is 0 Å². The van der Waals surface area contributed by atoms with E-state index in [2.05, 4.69) is 112 Å². The normalized spacial score (nSPS) is 10.3. The van der Waals surface area contributed by atoms with E-state index in [9.17, 15) is 0 Å². The van der Waals surface area contributed by atoms with Gasteiger partial charge in [-0.25, -0.2) is 0 Å². The molecule has 4 aromatic carbocycles. The molecule has 0 N–H and O–H groups in total. The predicted octanol–water partition coefficient (Wildman–Crippen LogP) is 4.11. The van der Waals surface area contributed by atoms with E-state index in [0.29, 0.717) is 11.8 Å². The van der Waals surface area contributed by atoms with Crippen molar-refractivity contribution in [3.05, 3.63) is 120 Å². The molecule has 0 saturated heterocycles. The van der Waals surface area contributed by atoms with Crippen LogP contribution in [-0.2, 0) is 52.4 Å². The number of nitrogens with zero attached hydrogens (tertiary/aromatic N) is 2. The Morgan fingerprint density at radius 2 is 0.929 bits per heavy atom. The second kappa shape index (κ2) is 17.0. The summed E-state index contributed by atoms with van der Waals surface area (Å²) in [5.74, 6) is 1.12. The fourth-order valence-electron chi connectivity index (χ4n) is 5.09. The molecule has 0 aliphatic heterocycles. The van der Waals surface area contributed by atoms with Crippen LogP contribution in [0.2, 0.25) is 0 Å². The molecule has 0 unspecified atom stereocenters. The van der Waals surface area contributed by atoms with Crippen molar-refractivity contribution in [2.75, 3.05) is 0 Å². The van der Waals surface area contributed by atoms with Gasteiger partial charge in [-0.3, -0.25) is 9.97 Å². The van der Waals surface area contributed by atoms with Crippen LogP contribution in [0.4, 0.5) is 0 Å². The van der Waals surface area contributed by atoms with Crippen molar-refractivity contribution in [1.82, 2.24) is 9.97 Å². The minimum absolute atomic E-state index is 0. The summed E-state index contributed by atoms with van der Waals surface area (Å²) in [6.07, 6.45) is 3.71. The molecule has 0 saturated carbocycles. The summed E-state index contributed by atoms with van der Waals surface area (Å²) >= 11 is 0. The predicted molar refractivity (Wildman–Crippen MR) is 163 cm³/mol. The Morgan fingerprint density at radius 3 is 1.24 bits per heavy atom. The first-order chi connectivity index (χ1) is 18.3. The number of hydrogen-bond donors (Lipinski definition) is 0. The van der Waals surface area contributed by atoms with Crippen LogP contribution in [0.25, 0.3) is 44.1 Å². The van der Waals surface area contributed by atoms with Crippen molar-refractivity contribution in [2.24, 2.45) is 0 Å². The van der Waals surface area contributed by atoms with E-state index < -0.39 is 0 Å². The van der Waals surface area contributed by atoms with Gasteiger partial charge in [-0.05, 0) is 47.2 Å². The summed E-state index contributed by atoms with van der Waals surface area (Å²) in [6.45, 7) is 13.3. The number of pyridine rings is 2. The second-order valence-electron chi connectivity index (χ2n) is 10.8. The van der Waals surface area contributed by atoms with E-state index in [0.717, 1.165) is 11.4 Å². The second-order valence-corrected chi connectivity index (χ2v) is 10.8. The minimum atomic E-state index is 0. The van der Waals surface area contributed by atoms with Crippen molar-refractivity contribution in [1.29, 1.82) is 0 Å². The largest absolute Gasteiger partial charge is 2.00 e. The Balaban J connectivity index is 0.000000383. The first-order valence-electron chi connectivity index (χ1n) is 13.6. The van der Waals surface area contributed by atoms with Gasteiger partial charge >= 0.3 is 52.4 Å². The number of fused-ring (bicyclic) bond motifs is 2. The zero-order valence-electron chi connectivity index (χ0n) is 25.0. The first-order valence-corrected chi connectivity index (χ1v) is 13.6. The van der Waals surface area contributed by atoms with Gasteiger partial charge in [0.1, 0.15) is 0 Å². The molecule has 2 nitrogen and oxygen atoms in total. The average molecular weight is 750 g/mol. The van der Waals surface area contributed by atoms with Crippen LogP contribution in [0.5, 0.6) is 0 Å². The van der Waals surface area contributed by atoms with Crippen molar-refractivity contribution >= 4 is 21.5 Å². The smallest absolute Gasteiger partial charge is 1.00 e. The molecule has 0 bridgehead atoms. The fraction of sp³-hybridized carbons (Fsp3) is 0.222. The molecule has 0 amide bonds. The Morgan fingerprint density at radius 1 is 0.548 bits per heavy atom. The van der Waals surface area contributed by atoms with Gasteiger partial charge in [0.2, 0.25) is 0 Å². The van der Waals surface area contributed by atoms with Gasteiger partial charge < -0.3 is 24.8 Å². The van der Waals surface area contributed by atoms with Crippen LogP contribution < -0.4 is 24.8 Å².